The van der Waals surface area contributed by atoms with Gasteiger partial charge in [-0.3, -0.25) is 4.79 Å². The molecular weight excluding hydrogens is 258 g/mol. The molecule has 20 heavy (non-hydrogen) atoms. The molecule has 5 heteroatoms. The second kappa shape index (κ2) is 7.33. The van der Waals surface area contributed by atoms with Crippen LogP contribution < -0.4 is 10.1 Å². The van der Waals surface area contributed by atoms with E-state index in [1.807, 2.05) is 0 Å². The molecule has 1 amide bonds. The second-order valence-electron chi connectivity index (χ2n) is 4.68. The van der Waals surface area contributed by atoms with Crippen LogP contribution in [-0.4, -0.2) is 30.1 Å². The number of aliphatic carboxylic acids is 1. The van der Waals surface area contributed by atoms with Crippen LogP contribution in [-0.2, 0) is 9.59 Å². The third-order valence-corrected chi connectivity index (χ3v) is 2.77. The maximum Gasteiger partial charge on any atom is 0.326 e. The Bertz CT molecular complexity index is 491. The van der Waals surface area contributed by atoms with Gasteiger partial charge in [-0.05, 0) is 29.7 Å². The molecule has 1 aromatic carbocycles. The van der Waals surface area contributed by atoms with E-state index in [9.17, 15) is 9.59 Å². The lowest BCUT2D eigenvalue weighted by Crippen LogP contribution is -2.43. The molecule has 0 aliphatic carbocycles. The van der Waals surface area contributed by atoms with Gasteiger partial charge >= 0.3 is 5.97 Å². The van der Waals surface area contributed by atoms with E-state index >= 15 is 0 Å². The smallest absolute Gasteiger partial charge is 0.326 e. The zero-order chi connectivity index (χ0) is 15.1. The van der Waals surface area contributed by atoms with Gasteiger partial charge in [-0.15, -0.1) is 0 Å². The minimum Gasteiger partial charge on any atom is -0.497 e. The fourth-order valence-corrected chi connectivity index (χ4v) is 1.60. The van der Waals surface area contributed by atoms with E-state index in [-0.39, 0.29) is 5.92 Å². The van der Waals surface area contributed by atoms with E-state index < -0.39 is 17.9 Å². The van der Waals surface area contributed by atoms with Crippen LogP contribution in [0.2, 0.25) is 0 Å². The summed E-state index contributed by atoms with van der Waals surface area (Å²) < 4.78 is 5.03. The molecule has 0 bridgehead atoms. The van der Waals surface area contributed by atoms with Crippen LogP contribution in [0.4, 0.5) is 0 Å². The molecule has 0 saturated heterocycles. The Morgan fingerprint density at radius 1 is 1.25 bits per heavy atom. The number of benzene rings is 1. The Kier molecular flexibility index (Phi) is 5.77. The van der Waals surface area contributed by atoms with Crippen molar-refractivity contribution in [2.75, 3.05) is 7.11 Å². The number of hydrogen-bond acceptors (Lipinski definition) is 3. The van der Waals surface area contributed by atoms with Gasteiger partial charge in [0.25, 0.3) is 0 Å². The summed E-state index contributed by atoms with van der Waals surface area (Å²) in [4.78, 5) is 22.6. The van der Waals surface area contributed by atoms with Crippen LogP contribution in [0.1, 0.15) is 19.4 Å². The van der Waals surface area contributed by atoms with Gasteiger partial charge in [0, 0.05) is 6.08 Å². The van der Waals surface area contributed by atoms with Gasteiger partial charge in [0.1, 0.15) is 11.8 Å². The molecule has 1 rings (SSSR count). The summed E-state index contributed by atoms with van der Waals surface area (Å²) in [5.41, 5.74) is 0.831. The van der Waals surface area contributed by atoms with Crippen molar-refractivity contribution < 1.29 is 19.4 Å². The van der Waals surface area contributed by atoms with Gasteiger partial charge < -0.3 is 15.2 Å². The molecule has 0 radical (unpaired) electrons. The number of nitrogens with one attached hydrogen (secondary N) is 1. The Labute approximate surface area is 118 Å². The lowest BCUT2D eigenvalue weighted by atomic mass is 10.0. The molecule has 0 aromatic heterocycles. The molecule has 0 heterocycles. The van der Waals surface area contributed by atoms with Crippen LogP contribution >= 0.6 is 0 Å². The first-order valence-corrected chi connectivity index (χ1v) is 6.29. The molecule has 0 saturated carbocycles. The average molecular weight is 277 g/mol. The lowest BCUT2D eigenvalue weighted by molar-refractivity contribution is -0.142. The fourth-order valence-electron chi connectivity index (χ4n) is 1.60. The highest BCUT2D eigenvalue weighted by Crippen LogP contribution is 2.12. The first-order chi connectivity index (χ1) is 9.43. The number of carboxylic acids is 1. The Balaban J connectivity index is 2.64. The Hall–Kier alpha value is -2.30. The first-order valence-electron chi connectivity index (χ1n) is 6.29. The van der Waals surface area contributed by atoms with Crippen molar-refractivity contribution in [3.05, 3.63) is 35.9 Å². The molecule has 1 atom stereocenters. The fraction of sp³-hybridized carbons (Fsp3) is 0.333. The summed E-state index contributed by atoms with van der Waals surface area (Å²) in [5.74, 6) is -0.906. The Morgan fingerprint density at radius 3 is 2.30 bits per heavy atom. The van der Waals surface area contributed by atoms with E-state index in [1.165, 1.54) is 6.08 Å². The molecule has 0 unspecified atom stereocenters. The monoisotopic (exact) mass is 277 g/mol. The van der Waals surface area contributed by atoms with Crippen molar-refractivity contribution in [1.29, 1.82) is 0 Å². The quantitative estimate of drug-likeness (QED) is 0.779. The predicted molar refractivity (Wildman–Crippen MR) is 76.4 cm³/mol. The maximum atomic E-state index is 11.7. The summed E-state index contributed by atoms with van der Waals surface area (Å²) in [7, 11) is 1.58. The number of rotatable bonds is 6. The second-order valence-corrected chi connectivity index (χ2v) is 4.68. The molecule has 0 spiro atoms. The molecule has 5 nitrogen and oxygen atoms in total. The predicted octanol–water partition coefficient (Wildman–Crippen LogP) is 1.93. The molecule has 0 aliphatic heterocycles. The van der Waals surface area contributed by atoms with Gasteiger partial charge in [0.05, 0.1) is 7.11 Å². The number of methoxy groups -OCH3 is 1. The summed E-state index contributed by atoms with van der Waals surface area (Å²) in [6.45, 7) is 3.48. The highest BCUT2D eigenvalue weighted by molar-refractivity contribution is 5.94. The summed E-state index contributed by atoms with van der Waals surface area (Å²) in [6, 6.07) is 6.29. The van der Waals surface area contributed by atoms with Crippen molar-refractivity contribution in [3.8, 4) is 5.75 Å². The van der Waals surface area contributed by atoms with E-state index in [1.54, 1.807) is 51.3 Å². The van der Waals surface area contributed by atoms with Crippen LogP contribution in [0.15, 0.2) is 30.3 Å². The minimum absolute atomic E-state index is 0.175. The zero-order valence-electron chi connectivity index (χ0n) is 11.8. The number of carboxylic acid groups (broad SMARTS) is 1. The van der Waals surface area contributed by atoms with Crippen molar-refractivity contribution in [3.63, 3.8) is 0 Å². The van der Waals surface area contributed by atoms with Crippen LogP contribution in [0.25, 0.3) is 6.08 Å². The third-order valence-electron chi connectivity index (χ3n) is 2.77. The summed E-state index contributed by atoms with van der Waals surface area (Å²) in [6.07, 6.45) is 2.94. The van der Waals surface area contributed by atoms with Crippen LogP contribution in [0.5, 0.6) is 5.75 Å². The van der Waals surface area contributed by atoms with Gasteiger partial charge in [-0.2, -0.15) is 0 Å². The number of carbonyl (C=O) groups excluding carboxylic acids is 1. The third kappa shape index (κ3) is 4.76. The van der Waals surface area contributed by atoms with Crippen LogP contribution in [0.3, 0.4) is 0 Å². The molecule has 1 aromatic rings. The zero-order valence-corrected chi connectivity index (χ0v) is 11.8. The van der Waals surface area contributed by atoms with E-state index in [0.29, 0.717) is 0 Å². The van der Waals surface area contributed by atoms with E-state index in [0.717, 1.165) is 11.3 Å². The number of carbonyl (C=O) groups is 2. The van der Waals surface area contributed by atoms with Crippen molar-refractivity contribution in [2.45, 2.75) is 19.9 Å². The summed E-state index contributed by atoms with van der Waals surface area (Å²) >= 11 is 0. The Morgan fingerprint density at radius 2 is 1.85 bits per heavy atom. The van der Waals surface area contributed by atoms with Crippen molar-refractivity contribution in [1.82, 2.24) is 5.32 Å². The molecule has 2 N–H and O–H groups in total. The van der Waals surface area contributed by atoms with Crippen LogP contribution in [0, 0.1) is 5.92 Å². The molecular formula is C15H19NO4. The van der Waals surface area contributed by atoms with E-state index in [2.05, 4.69) is 5.32 Å². The van der Waals surface area contributed by atoms with Crippen molar-refractivity contribution in [2.24, 2.45) is 5.92 Å². The van der Waals surface area contributed by atoms with Crippen molar-refractivity contribution >= 4 is 18.0 Å². The largest absolute Gasteiger partial charge is 0.497 e. The van der Waals surface area contributed by atoms with Gasteiger partial charge in [-0.25, -0.2) is 4.79 Å². The van der Waals surface area contributed by atoms with Gasteiger partial charge in [0.15, 0.2) is 0 Å². The number of ether oxygens (including phenoxy) is 1. The SMILES string of the molecule is COc1ccc(/C=C\C(=O)N[C@@H](C(=O)O)C(C)C)cc1. The molecule has 108 valence electrons. The highest BCUT2D eigenvalue weighted by Gasteiger charge is 2.22. The summed E-state index contributed by atoms with van der Waals surface area (Å²) in [5, 5.41) is 11.4. The van der Waals surface area contributed by atoms with E-state index in [4.69, 9.17) is 9.84 Å². The lowest BCUT2D eigenvalue weighted by Gasteiger charge is -2.16. The standard InChI is InChI=1S/C15H19NO4/c1-10(2)14(15(18)19)16-13(17)9-6-11-4-7-12(20-3)8-5-11/h4-10,14H,1-3H3,(H,16,17)(H,18,19)/b9-6-/t14-/m1/s1. The first kappa shape index (κ1) is 15.8. The minimum atomic E-state index is -1.04. The highest BCUT2D eigenvalue weighted by atomic mass is 16.5. The van der Waals surface area contributed by atoms with Gasteiger partial charge in [0.2, 0.25) is 5.91 Å². The molecule has 0 aliphatic rings. The normalized spacial score (nSPS) is 12.4. The molecule has 0 fully saturated rings. The van der Waals surface area contributed by atoms with Gasteiger partial charge in [-0.1, -0.05) is 26.0 Å². The maximum absolute atomic E-state index is 11.7. The number of amides is 1. The number of hydrogen-bond donors (Lipinski definition) is 2. The average Bonchev–Trinajstić information content (AvgIpc) is 2.42. The topological polar surface area (TPSA) is 75.6 Å².